The molecule has 0 amide bonds. The number of hydrogen-bond donors (Lipinski definition) is 1. The highest BCUT2D eigenvalue weighted by Gasteiger charge is 2.08. The number of halogens is 1. The molecule has 0 aromatic heterocycles. The van der Waals surface area contributed by atoms with Crippen LogP contribution in [0.5, 0.6) is 0 Å². The highest BCUT2D eigenvalue weighted by Crippen LogP contribution is 2.25. The lowest BCUT2D eigenvalue weighted by Gasteiger charge is -2.10. The Bertz CT molecular complexity index is 283. The van der Waals surface area contributed by atoms with Crippen LogP contribution >= 0.6 is 11.6 Å². The fraction of sp³-hybridized carbons (Fsp3) is 0.273. The van der Waals surface area contributed by atoms with Gasteiger partial charge in [0.25, 0.3) is 0 Å². The molecule has 0 heterocycles. The Kier molecular flexibility index (Phi) is 4.00. The molecule has 0 saturated carbocycles. The first-order chi connectivity index (χ1) is 6.25. The van der Waals surface area contributed by atoms with Crippen molar-refractivity contribution in [2.24, 2.45) is 0 Å². The van der Waals surface area contributed by atoms with Crippen LogP contribution in [0, 0.1) is 0 Å². The van der Waals surface area contributed by atoms with Crippen molar-refractivity contribution in [1.82, 2.24) is 0 Å². The molecule has 1 N–H and O–H groups in total. The molecule has 0 bridgehead atoms. The highest BCUT2D eigenvalue weighted by atomic mass is 35.5. The third-order valence-electron chi connectivity index (χ3n) is 1.91. The topological polar surface area (TPSA) is 20.2 Å². The smallest absolute Gasteiger partial charge is 0.0807 e. The molecular weight excluding hydrogens is 184 g/mol. The molecular formula is C11H13ClO. The summed E-state index contributed by atoms with van der Waals surface area (Å²) in [6, 6.07) is 7.36. The monoisotopic (exact) mass is 196 g/mol. The van der Waals surface area contributed by atoms with Crippen LogP contribution in [-0.2, 0) is 0 Å². The van der Waals surface area contributed by atoms with E-state index in [0.717, 1.165) is 12.0 Å². The van der Waals surface area contributed by atoms with E-state index in [2.05, 4.69) is 6.58 Å². The van der Waals surface area contributed by atoms with E-state index in [1.54, 1.807) is 12.1 Å². The normalized spacial score (nSPS) is 12.5. The van der Waals surface area contributed by atoms with Gasteiger partial charge in [-0.2, -0.15) is 0 Å². The molecule has 0 aliphatic rings. The zero-order chi connectivity index (χ0) is 9.68. The summed E-state index contributed by atoms with van der Waals surface area (Å²) < 4.78 is 0. The summed E-state index contributed by atoms with van der Waals surface area (Å²) in [5.74, 6) is 0. The second-order valence-corrected chi connectivity index (χ2v) is 3.31. The van der Waals surface area contributed by atoms with E-state index < -0.39 is 6.10 Å². The Morgan fingerprint density at radius 3 is 2.77 bits per heavy atom. The number of hydrogen-bond acceptors (Lipinski definition) is 1. The third-order valence-corrected chi connectivity index (χ3v) is 2.25. The van der Waals surface area contributed by atoms with Crippen molar-refractivity contribution >= 4 is 11.6 Å². The van der Waals surface area contributed by atoms with Gasteiger partial charge >= 0.3 is 0 Å². The Labute approximate surface area is 83.7 Å². The average Bonchev–Trinajstić information content (AvgIpc) is 2.15. The second kappa shape index (κ2) is 5.05. The van der Waals surface area contributed by atoms with Crippen LogP contribution in [-0.4, -0.2) is 5.11 Å². The number of aliphatic hydroxyl groups excluding tert-OH is 1. The van der Waals surface area contributed by atoms with Crippen molar-refractivity contribution in [3.8, 4) is 0 Å². The summed E-state index contributed by atoms with van der Waals surface area (Å²) in [6.07, 6.45) is 2.78. The van der Waals surface area contributed by atoms with E-state index in [1.165, 1.54) is 0 Å². The van der Waals surface area contributed by atoms with Crippen molar-refractivity contribution < 1.29 is 5.11 Å². The molecule has 13 heavy (non-hydrogen) atoms. The molecule has 1 nitrogen and oxygen atoms in total. The maximum absolute atomic E-state index is 9.70. The van der Waals surface area contributed by atoms with Crippen molar-refractivity contribution in [1.29, 1.82) is 0 Å². The Morgan fingerprint density at radius 2 is 2.15 bits per heavy atom. The van der Waals surface area contributed by atoms with Gasteiger partial charge in [0, 0.05) is 5.02 Å². The molecule has 0 fully saturated rings. The molecule has 1 unspecified atom stereocenters. The van der Waals surface area contributed by atoms with Gasteiger partial charge < -0.3 is 5.11 Å². The van der Waals surface area contributed by atoms with Crippen molar-refractivity contribution in [2.45, 2.75) is 18.9 Å². The zero-order valence-electron chi connectivity index (χ0n) is 7.41. The fourth-order valence-corrected chi connectivity index (χ4v) is 1.44. The van der Waals surface area contributed by atoms with Gasteiger partial charge in [-0.25, -0.2) is 0 Å². The van der Waals surface area contributed by atoms with Crippen LogP contribution in [0.4, 0.5) is 0 Å². The maximum atomic E-state index is 9.70. The SMILES string of the molecule is C=CCCC(O)c1ccccc1Cl. The predicted molar refractivity (Wildman–Crippen MR) is 55.8 cm³/mol. The van der Waals surface area contributed by atoms with Crippen molar-refractivity contribution in [3.05, 3.63) is 47.5 Å². The lowest BCUT2D eigenvalue weighted by Crippen LogP contribution is -1.97. The van der Waals surface area contributed by atoms with E-state index in [-0.39, 0.29) is 0 Å². The predicted octanol–water partition coefficient (Wildman–Crippen LogP) is 3.34. The number of benzene rings is 1. The molecule has 0 saturated heterocycles. The highest BCUT2D eigenvalue weighted by molar-refractivity contribution is 6.31. The van der Waals surface area contributed by atoms with E-state index in [9.17, 15) is 5.11 Å². The summed E-state index contributed by atoms with van der Waals surface area (Å²) in [4.78, 5) is 0. The summed E-state index contributed by atoms with van der Waals surface area (Å²) in [5.41, 5.74) is 0.797. The van der Waals surface area contributed by atoms with Gasteiger partial charge in [0.2, 0.25) is 0 Å². The van der Waals surface area contributed by atoms with Crippen LogP contribution in [0.1, 0.15) is 24.5 Å². The Balaban J connectivity index is 2.70. The molecule has 0 spiro atoms. The summed E-state index contributed by atoms with van der Waals surface area (Å²) in [6.45, 7) is 3.60. The molecule has 1 aromatic rings. The van der Waals surface area contributed by atoms with Gasteiger partial charge in [-0.05, 0) is 24.5 Å². The summed E-state index contributed by atoms with van der Waals surface area (Å²) in [7, 11) is 0. The largest absolute Gasteiger partial charge is 0.388 e. The molecule has 1 aromatic carbocycles. The van der Waals surface area contributed by atoms with Crippen molar-refractivity contribution in [3.63, 3.8) is 0 Å². The number of allylic oxidation sites excluding steroid dienone is 1. The van der Waals surface area contributed by atoms with Crippen LogP contribution < -0.4 is 0 Å². The van der Waals surface area contributed by atoms with Gasteiger partial charge in [-0.15, -0.1) is 6.58 Å². The minimum absolute atomic E-state index is 0.480. The molecule has 2 heteroatoms. The van der Waals surface area contributed by atoms with Gasteiger partial charge in [-0.3, -0.25) is 0 Å². The summed E-state index contributed by atoms with van der Waals surface area (Å²) in [5, 5.41) is 10.3. The number of rotatable bonds is 4. The Morgan fingerprint density at radius 1 is 1.46 bits per heavy atom. The first kappa shape index (κ1) is 10.3. The van der Waals surface area contributed by atoms with Gasteiger partial charge in [-0.1, -0.05) is 35.9 Å². The fourth-order valence-electron chi connectivity index (χ4n) is 1.18. The van der Waals surface area contributed by atoms with Crippen LogP contribution in [0.15, 0.2) is 36.9 Å². The molecule has 0 aliphatic heterocycles. The molecule has 1 rings (SSSR count). The van der Waals surface area contributed by atoms with Crippen LogP contribution in [0.2, 0.25) is 5.02 Å². The lowest BCUT2D eigenvalue weighted by atomic mass is 10.1. The van der Waals surface area contributed by atoms with Crippen LogP contribution in [0.25, 0.3) is 0 Å². The lowest BCUT2D eigenvalue weighted by molar-refractivity contribution is 0.169. The number of aliphatic hydroxyl groups is 1. The summed E-state index contributed by atoms with van der Waals surface area (Å²) >= 11 is 5.91. The zero-order valence-corrected chi connectivity index (χ0v) is 8.17. The first-order valence-corrected chi connectivity index (χ1v) is 4.67. The van der Waals surface area contributed by atoms with E-state index in [4.69, 9.17) is 11.6 Å². The van der Waals surface area contributed by atoms with E-state index >= 15 is 0 Å². The van der Waals surface area contributed by atoms with E-state index in [0.29, 0.717) is 11.4 Å². The average molecular weight is 197 g/mol. The Hall–Kier alpha value is -0.790. The van der Waals surface area contributed by atoms with Gasteiger partial charge in [0.05, 0.1) is 6.10 Å². The second-order valence-electron chi connectivity index (χ2n) is 2.90. The van der Waals surface area contributed by atoms with Crippen LogP contribution in [0.3, 0.4) is 0 Å². The third kappa shape index (κ3) is 2.87. The molecule has 0 radical (unpaired) electrons. The quantitative estimate of drug-likeness (QED) is 0.733. The minimum Gasteiger partial charge on any atom is -0.388 e. The molecule has 0 aliphatic carbocycles. The first-order valence-electron chi connectivity index (χ1n) is 4.29. The van der Waals surface area contributed by atoms with E-state index in [1.807, 2.05) is 18.2 Å². The maximum Gasteiger partial charge on any atom is 0.0807 e. The van der Waals surface area contributed by atoms with Gasteiger partial charge in [0.1, 0.15) is 0 Å². The van der Waals surface area contributed by atoms with Gasteiger partial charge in [0.15, 0.2) is 0 Å². The molecule has 1 atom stereocenters. The van der Waals surface area contributed by atoms with Crippen molar-refractivity contribution in [2.75, 3.05) is 0 Å². The molecule has 70 valence electrons. The minimum atomic E-state index is -0.480. The standard InChI is InChI=1S/C11H13ClO/c1-2-3-8-11(13)9-6-4-5-7-10(9)12/h2,4-7,11,13H,1,3,8H2.